The van der Waals surface area contributed by atoms with Crippen LogP contribution in [0.25, 0.3) is 11.1 Å². The van der Waals surface area contributed by atoms with Crippen molar-refractivity contribution < 1.29 is 9.13 Å². The lowest BCUT2D eigenvalue weighted by Crippen LogP contribution is -2.08. The third-order valence-electron chi connectivity index (χ3n) is 3.78. The molecule has 0 amide bonds. The quantitative estimate of drug-likeness (QED) is 0.706. The molecule has 5 heteroatoms. The van der Waals surface area contributed by atoms with Gasteiger partial charge >= 0.3 is 0 Å². The van der Waals surface area contributed by atoms with Gasteiger partial charge in [-0.1, -0.05) is 18.2 Å². The minimum absolute atomic E-state index is 0.0606. The third kappa shape index (κ3) is 3.99. The van der Waals surface area contributed by atoms with E-state index in [2.05, 4.69) is 10.4 Å². The topological polar surface area (TPSA) is 39.1 Å². The van der Waals surface area contributed by atoms with Crippen LogP contribution >= 0.6 is 0 Å². The van der Waals surface area contributed by atoms with Gasteiger partial charge in [-0.2, -0.15) is 5.10 Å². The molecule has 0 saturated carbocycles. The molecule has 0 spiro atoms. The highest BCUT2D eigenvalue weighted by atomic mass is 19.1. The monoisotopic (exact) mass is 339 g/mol. The van der Waals surface area contributed by atoms with Gasteiger partial charge in [0.25, 0.3) is 0 Å². The van der Waals surface area contributed by atoms with Crippen LogP contribution in [0, 0.1) is 12.7 Å². The van der Waals surface area contributed by atoms with E-state index < -0.39 is 0 Å². The molecule has 0 saturated heterocycles. The van der Waals surface area contributed by atoms with Crippen LogP contribution in [-0.2, 0) is 7.05 Å². The zero-order valence-electron chi connectivity index (χ0n) is 14.9. The van der Waals surface area contributed by atoms with Crippen molar-refractivity contribution >= 4 is 11.5 Å². The smallest absolute Gasteiger partial charge is 0.143 e. The number of ether oxygens (including phenoxy) is 1. The Bertz CT molecular complexity index is 869. The van der Waals surface area contributed by atoms with Gasteiger partial charge in [0.1, 0.15) is 17.4 Å². The number of hydrogen-bond acceptors (Lipinski definition) is 3. The molecule has 0 atom stereocenters. The number of rotatable bonds is 5. The maximum absolute atomic E-state index is 13.2. The second-order valence-corrected chi connectivity index (χ2v) is 6.30. The number of halogens is 1. The second-order valence-electron chi connectivity index (χ2n) is 6.30. The zero-order chi connectivity index (χ0) is 18.0. The molecule has 1 heterocycles. The lowest BCUT2D eigenvalue weighted by atomic mass is 10.0. The van der Waals surface area contributed by atoms with Gasteiger partial charge < -0.3 is 10.1 Å². The van der Waals surface area contributed by atoms with Crippen molar-refractivity contribution in [2.24, 2.45) is 7.05 Å². The summed E-state index contributed by atoms with van der Waals surface area (Å²) in [7, 11) is 1.89. The fourth-order valence-corrected chi connectivity index (χ4v) is 2.67. The largest absolute Gasteiger partial charge is 0.489 e. The number of nitrogens with one attached hydrogen (secondary N) is 1. The molecule has 130 valence electrons. The Balaban J connectivity index is 2.00. The standard InChI is InChI=1S/C20H22FN3O/c1-13(2)25-19-10-7-16(15-5-8-17(21)9-6-15)12-18(19)22-20-11-14(3)23-24(20)4/h5-13,22H,1-4H3. The first-order valence-electron chi connectivity index (χ1n) is 8.26. The molecule has 25 heavy (non-hydrogen) atoms. The average molecular weight is 339 g/mol. The fourth-order valence-electron chi connectivity index (χ4n) is 2.67. The molecule has 1 aromatic heterocycles. The SMILES string of the molecule is Cc1cc(Nc2cc(-c3ccc(F)cc3)ccc2OC(C)C)n(C)n1. The van der Waals surface area contributed by atoms with Crippen molar-refractivity contribution in [1.82, 2.24) is 9.78 Å². The van der Waals surface area contributed by atoms with Crippen molar-refractivity contribution in [3.63, 3.8) is 0 Å². The van der Waals surface area contributed by atoms with Crippen molar-refractivity contribution in [3.8, 4) is 16.9 Å². The highest BCUT2D eigenvalue weighted by Gasteiger charge is 2.11. The summed E-state index contributed by atoms with van der Waals surface area (Å²) in [6.07, 6.45) is 0.0606. The van der Waals surface area contributed by atoms with Gasteiger partial charge in [0.05, 0.1) is 17.5 Å². The van der Waals surface area contributed by atoms with Crippen LogP contribution in [0.4, 0.5) is 15.9 Å². The van der Waals surface area contributed by atoms with Crippen LogP contribution < -0.4 is 10.1 Å². The molecule has 0 radical (unpaired) electrons. The molecule has 0 bridgehead atoms. The summed E-state index contributed by atoms with van der Waals surface area (Å²) >= 11 is 0. The zero-order valence-corrected chi connectivity index (χ0v) is 14.9. The first kappa shape index (κ1) is 17.0. The van der Waals surface area contributed by atoms with Crippen molar-refractivity contribution in [1.29, 1.82) is 0 Å². The molecular formula is C20H22FN3O. The number of aryl methyl sites for hydroxylation is 2. The summed E-state index contributed by atoms with van der Waals surface area (Å²) in [5, 5.41) is 7.75. The predicted octanol–water partition coefficient (Wildman–Crippen LogP) is 5.07. The van der Waals surface area contributed by atoms with E-state index in [9.17, 15) is 4.39 Å². The molecule has 1 N–H and O–H groups in total. The first-order valence-corrected chi connectivity index (χ1v) is 8.26. The van der Waals surface area contributed by atoms with Gasteiger partial charge in [-0.15, -0.1) is 0 Å². The summed E-state index contributed by atoms with van der Waals surface area (Å²) in [4.78, 5) is 0. The van der Waals surface area contributed by atoms with Crippen molar-refractivity contribution in [2.45, 2.75) is 26.9 Å². The molecule has 2 aromatic carbocycles. The van der Waals surface area contributed by atoms with Gasteiger partial charge in [-0.25, -0.2) is 4.39 Å². The maximum Gasteiger partial charge on any atom is 0.143 e. The average Bonchev–Trinajstić information content (AvgIpc) is 2.87. The highest BCUT2D eigenvalue weighted by molar-refractivity contribution is 5.74. The molecular weight excluding hydrogens is 317 g/mol. The van der Waals surface area contributed by atoms with Crippen LogP contribution in [-0.4, -0.2) is 15.9 Å². The van der Waals surface area contributed by atoms with Gasteiger partial charge in [0.15, 0.2) is 0 Å². The lowest BCUT2D eigenvalue weighted by molar-refractivity contribution is 0.244. The Hall–Kier alpha value is -2.82. The minimum Gasteiger partial charge on any atom is -0.489 e. The highest BCUT2D eigenvalue weighted by Crippen LogP contribution is 2.33. The molecule has 0 aliphatic heterocycles. The molecule has 3 rings (SSSR count). The first-order chi connectivity index (χ1) is 11.9. The summed E-state index contributed by atoms with van der Waals surface area (Å²) in [6.45, 7) is 5.93. The van der Waals surface area contributed by atoms with E-state index in [0.29, 0.717) is 0 Å². The Morgan fingerprint density at radius 1 is 1.04 bits per heavy atom. The van der Waals surface area contributed by atoms with E-state index >= 15 is 0 Å². The Morgan fingerprint density at radius 2 is 1.72 bits per heavy atom. The van der Waals surface area contributed by atoms with Crippen LogP contribution in [0.1, 0.15) is 19.5 Å². The van der Waals surface area contributed by atoms with Gasteiger partial charge in [-0.3, -0.25) is 4.68 Å². The van der Waals surface area contributed by atoms with Crippen molar-refractivity contribution in [2.75, 3.05) is 5.32 Å². The molecule has 0 aliphatic carbocycles. The Kier molecular flexibility index (Phi) is 4.74. The fraction of sp³-hybridized carbons (Fsp3) is 0.250. The lowest BCUT2D eigenvalue weighted by Gasteiger charge is -2.17. The third-order valence-corrected chi connectivity index (χ3v) is 3.78. The summed E-state index contributed by atoms with van der Waals surface area (Å²) in [5.74, 6) is 1.40. The summed E-state index contributed by atoms with van der Waals surface area (Å²) in [6, 6.07) is 14.4. The van der Waals surface area contributed by atoms with Crippen LogP contribution in [0.2, 0.25) is 0 Å². The molecule has 0 unspecified atom stereocenters. The number of nitrogens with zero attached hydrogens (tertiary/aromatic N) is 2. The normalized spacial score (nSPS) is 11.0. The van der Waals surface area contributed by atoms with Crippen LogP contribution in [0.5, 0.6) is 5.75 Å². The number of anilines is 2. The number of benzene rings is 2. The van der Waals surface area contributed by atoms with Crippen LogP contribution in [0.3, 0.4) is 0 Å². The maximum atomic E-state index is 13.2. The van der Waals surface area contributed by atoms with Crippen molar-refractivity contribution in [3.05, 3.63) is 60.0 Å². The predicted molar refractivity (Wildman–Crippen MR) is 98.8 cm³/mol. The van der Waals surface area contributed by atoms with Crippen LogP contribution in [0.15, 0.2) is 48.5 Å². The van der Waals surface area contributed by atoms with E-state index in [1.165, 1.54) is 12.1 Å². The molecule has 0 fully saturated rings. The summed E-state index contributed by atoms with van der Waals surface area (Å²) < 4.78 is 20.9. The van der Waals surface area contributed by atoms with Gasteiger partial charge in [0, 0.05) is 13.1 Å². The number of hydrogen-bond donors (Lipinski definition) is 1. The summed E-state index contributed by atoms with van der Waals surface area (Å²) in [5.41, 5.74) is 3.71. The second kappa shape index (κ2) is 6.97. The minimum atomic E-state index is -0.243. The number of aromatic nitrogens is 2. The Labute approximate surface area is 147 Å². The Morgan fingerprint density at radius 3 is 2.32 bits per heavy atom. The van der Waals surface area contributed by atoms with E-state index in [4.69, 9.17) is 4.74 Å². The van der Waals surface area contributed by atoms with E-state index in [-0.39, 0.29) is 11.9 Å². The molecule has 4 nitrogen and oxygen atoms in total. The van der Waals surface area contributed by atoms with E-state index in [1.807, 2.05) is 52.1 Å². The van der Waals surface area contributed by atoms with Gasteiger partial charge in [0.2, 0.25) is 0 Å². The van der Waals surface area contributed by atoms with Gasteiger partial charge in [-0.05, 0) is 56.2 Å². The van der Waals surface area contributed by atoms with E-state index in [1.54, 1.807) is 16.8 Å². The molecule has 3 aromatic rings. The van der Waals surface area contributed by atoms with E-state index in [0.717, 1.165) is 34.1 Å². The molecule has 0 aliphatic rings.